The monoisotopic (exact) mass is 245 g/mol. The minimum Gasteiger partial charge on any atom is -0.192 e. The molecule has 2 aromatic rings. The van der Waals surface area contributed by atoms with E-state index in [1.54, 1.807) is 11.5 Å². The highest BCUT2D eigenvalue weighted by Crippen LogP contribution is 2.31. The fourth-order valence-electron chi connectivity index (χ4n) is 1.92. The van der Waals surface area contributed by atoms with Gasteiger partial charge in [0.25, 0.3) is 0 Å². The Bertz CT molecular complexity index is 497. The first-order valence-electron chi connectivity index (χ1n) is 6.15. The summed E-state index contributed by atoms with van der Waals surface area (Å²) >= 11 is 1.62. The fraction of sp³-hybridized carbons (Fsp3) is 0.400. The standard InChI is InChI=1S/C15H19NS/c1-10(2)12-7-5-6-8-13(12)14-9-15(11(3)4)17-16-14/h5-11H,1-4H3. The van der Waals surface area contributed by atoms with Gasteiger partial charge < -0.3 is 0 Å². The molecule has 0 spiro atoms. The number of nitrogens with zero attached hydrogens (tertiary/aromatic N) is 1. The van der Waals surface area contributed by atoms with Crippen molar-refractivity contribution >= 4 is 11.5 Å². The molecule has 0 N–H and O–H groups in total. The maximum Gasteiger partial charge on any atom is 0.0846 e. The summed E-state index contributed by atoms with van der Waals surface area (Å²) in [6.45, 7) is 8.89. The van der Waals surface area contributed by atoms with Crippen LogP contribution in [0.4, 0.5) is 0 Å². The predicted octanol–water partition coefficient (Wildman–Crippen LogP) is 5.06. The lowest BCUT2D eigenvalue weighted by molar-refractivity contribution is 0.868. The van der Waals surface area contributed by atoms with Crippen molar-refractivity contribution in [1.29, 1.82) is 0 Å². The Morgan fingerprint density at radius 1 is 1.00 bits per heavy atom. The third-order valence-corrected chi connectivity index (χ3v) is 4.04. The molecule has 0 atom stereocenters. The number of hydrogen-bond acceptors (Lipinski definition) is 2. The van der Waals surface area contributed by atoms with Gasteiger partial charge in [-0.25, -0.2) is 0 Å². The lowest BCUT2D eigenvalue weighted by Crippen LogP contribution is -1.91. The summed E-state index contributed by atoms with van der Waals surface area (Å²) in [6.07, 6.45) is 0. The van der Waals surface area contributed by atoms with Crippen LogP contribution >= 0.6 is 11.5 Å². The number of aromatic nitrogens is 1. The van der Waals surface area contributed by atoms with Crippen molar-refractivity contribution in [3.63, 3.8) is 0 Å². The first kappa shape index (κ1) is 12.3. The van der Waals surface area contributed by atoms with Crippen molar-refractivity contribution in [3.05, 3.63) is 40.8 Å². The van der Waals surface area contributed by atoms with E-state index in [1.165, 1.54) is 16.0 Å². The highest BCUT2D eigenvalue weighted by Gasteiger charge is 2.12. The minimum atomic E-state index is 0.537. The SMILES string of the molecule is CC(C)c1cc(-c2ccccc2C(C)C)ns1. The molecule has 0 saturated heterocycles. The largest absolute Gasteiger partial charge is 0.192 e. The van der Waals surface area contributed by atoms with E-state index >= 15 is 0 Å². The van der Waals surface area contributed by atoms with Crippen molar-refractivity contribution in [2.75, 3.05) is 0 Å². The van der Waals surface area contributed by atoms with E-state index in [-0.39, 0.29) is 0 Å². The van der Waals surface area contributed by atoms with Crippen LogP contribution in [0.2, 0.25) is 0 Å². The Balaban J connectivity index is 2.45. The van der Waals surface area contributed by atoms with Crippen LogP contribution < -0.4 is 0 Å². The summed E-state index contributed by atoms with van der Waals surface area (Å²) in [5, 5.41) is 0. The molecule has 0 radical (unpaired) electrons. The van der Waals surface area contributed by atoms with Crippen LogP contribution in [-0.2, 0) is 0 Å². The van der Waals surface area contributed by atoms with Gasteiger partial charge >= 0.3 is 0 Å². The number of rotatable bonds is 3. The molecule has 1 aromatic heterocycles. The van der Waals surface area contributed by atoms with Crippen LogP contribution in [0.3, 0.4) is 0 Å². The highest BCUT2D eigenvalue weighted by atomic mass is 32.1. The van der Waals surface area contributed by atoms with Gasteiger partial charge in [-0.15, -0.1) is 0 Å². The first-order valence-corrected chi connectivity index (χ1v) is 6.93. The Hall–Kier alpha value is -1.15. The van der Waals surface area contributed by atoms with Crippen molar-refractivity contribution in [3.8, 4) is 11.3 Å². The maximum atomic E-state index is 4.59. The second-order valence-electron chi connectivity index (χ2n) is 5.01. The molecule has 1 heterocycles. The smallest absolute Gasteiger partial charge is 0.0846 e. The zero-order chi connectivity index (χ0) is 12.4. The molecule has 0 aliphatic heterocycles. The molecule has 1 nitrogen and oxygen atoms in total. The molecule has 1 aromatic carbocycles. The molecule has 0 aliphatic carbocycles. The molecule has 0 fully saturated rings. The average Bonchev–Trinajstić information content (AvgIpc) is 2.78. The highest BCUT2D eigenvalue weighted by molar-refractivity contribution is 7.06. The molecule has 2 heteroatoms. The molecular formula is C15H19NS. The van der Waals surface area contributed by atoms with Crippen LogP contribution in [0.1, 0.15) is 50.0 Å². The lowest BCUT2D eigenvalue weighted by Gasteiger charge is -2.10. The molecule has 0 amide bonds. The van der Waals surface area contributed by atoms with E-state index in [4.69, 9.17) is 0 Å². The van der Waals surface area contributed by atoms with E-state index in [0.717, 1.165) is 5.69 Å². The third-order valence-electron chi connectivity index (χ3n) is 2.96. The third kappa shape index (κ3) is 2.58. The zero-order valence-electron chi connectivity index (χ0n) is 10.9. The topological polar surface area (TPSA) is 12.9 Å². The van der Waals surface area contributed by atoms with Crippen molar-refractivity contribution in [2.24, 2.45) is 0 Å². The van der Waals surface area contributed by atoms with Crippen molar-refractivity contribution in [1.82, 2.24) is 4.37 Å². The summed E-state index contributed by atoms with van der Waals surface area (Å²) in [6, 6.07) is 10.8. The lowest BCUT2D eigenvalue weighted by atomic mass is 9.95. The van der Waals surface area contributed by atoms with Gasteiger partial charge in [-0.05, 0) is 35.0 Å². The summed E-state index contributed by atoms with van der Waals surface area (Å²) in [5.41, 5.74) is 3.79. The molecule has 0 aliphatic rings. The van der Waals surface area contributed by atoms with E-state index in [2.05, 4.69) is 62.4 Å². The summed E-state index contributed by atoms with van der Waals surface area (Å²) in [5.74, 6) is 1.10. The van der Waals surface area contributed by atoms with Gasteiger partial charge in [0.2, 0.25) is 0 Å². The molecule has 0 unspecified atom stereocenters. The van der Waals surface area contributed by atoms with Crippen LogP contribution in [-0.4, -0.2) is 4.37 Å². The molecule has 2 rings (SSSR count). The number of benzene rings is 1. The van der Waals surface area contributed by atoms with E-state index in [9.17, 15) is 0 Å². The van der Waals surface area contributed by atoms with Gasteiger partial charge in [-0.1, -0.05) is 52.0 Å². The number of hydrogen-bond donors (Lipinski definition) is 0. The summed E-state index contributed by atoms with van der Waals surface area (Å²) < 4.78 is 4.59. The Labute approximate surface area is 108 Å². The van der Waals surface area contributed by atoms with Gasteiger partial charge in [0.1, 0.15) is 0 Å². The van der Waals surface area contributed by atoms with Gasteiger partial charge in [-0.2, -0.15) is 4.37 Å². The molecule has 0 saturated carbocycles. The van der Waals surface area contributed by atoms with Crippen molar-refractivity contribution in [2.45, 2.75) is 39.5 Å². The van der Waals surface area contributed by atoms with Gasteiger partial charge in [0, 0.05) is 10.4 Å². The van der Waals surface area contributed by atoms with Crippen LogP contribution in [0.15, 0.2) is 30.3 Å². The molecule has 17 heavy (non-hydrogen) atoms. The Morgan fingerprint density at radius 3 is 2.29 bits per heavy atom. The molecular weight excluding hydrogens is 226 g/mol. The second kappa shape index (κ2) is 5.01. The minimum absolute atomic E-state index is 0.537. The van der Waals surface area contributed by atoms with Gasteiger partial charge in [0.15, 0.2) is 0 Å². The van der Waals surface area contributed by atoms with E-state index in [0.29, 0.717) is 11.8 Å². The fourth-order valence-corrected chi connectivity index (χ4v) is 2.65. The molecule has 90 valence electrons. The van der Waals surface area contributed by atoms with Crippen molar-refractivity contribution < 1.29 is 0 Å². The Kier molecular flexibility index (Phi) is 3.63. The molecule has 0 bridgehead atoms. The van der Waals surface area contributed by atoms with Crippen LogP contribution in [0.25, 0.3) is 11.3 Å². The van der Waals surface area contributed by atoms with Crippen LogP contribution in [0, 0.1) is 0 Å². The summed E-state index contributed by atoms with van der Waals surface area (Å²) in [7, 11) is 0. The zero-order valence-corrected chi connectivity index (χ0v) is 11.7. The Morgan fingerprint density at radius 2 is 1.71 bits per heavy atom. The maximum absolute atomic E-state index is 4.59. The summed E-state index contributed by atoms with van der Waals surface area (Å²) in [4.78, 5) is 1.36. The predicted molar refractivity (Wildman–Crippen MR) is 75.7 cm³/mol. The average molecular weight is 245 g/mol. The first-order chi connectivity index (χ1) is 8.09. The van der Waals surface area contributed by atoms with Gasteiger partial charge in [-0.3, -0.25) is 0 Å². The quantitative estimate of drug-likeness (QED) is 0.736. The van der Waals surface area contributed by atoms with Gasteiger partial charge in [0.05, 0.1) is 5.69 Å². The van der Waals surface area contributed by atoms with E-state index in [1.807, 2.05) is 0 Å². The second-order valence-corrected chi connectivity index (χ2v) is 5.85. The van der Waals surface area contributed by atoms with E-state index < -0.39 is 0 Å². The van der Waals surface area contributed by atoms with Crippen LogP contribution in [0.5, 0.6) is 0 Å². The normalized spacial score (nSPS) is 11.4.